The van der Waals surface area contributed by atoms with Gasteiger partial charge in [0.1, 0.15) is 63.7 Å². The highest BCUT2D eigenvalue weighted by Gasteiger charge is 2.39. The van der Waals surface area contributed by atoms with Gasteiger partial charge in [-0.2, -0.15) is 0 Å². The van der Waals surface area contributed by atoms with Crippen LogP contribution in [0.3, 0.4) is 0 Å². The molecule has 0 radical (unpaired) electrons. The number of carbonyl (C=O) groups is 7. The van der Waals surface area contributed by atoms with E-state index in [1.54, 1.807) is 72.8 Å². The zero-order valence-corrected chi connectivity index (χ0v) is 72.5. The van der Waals surface area contributed by atoms with Crippen LogP contribution in [-0.4, -0.2) is 143 Å². The fraction of sp³-hybridized carbons (Fsp3) is 0.141. The number of H-pyrrole nitrogens is 3. The largest absolute Gasteiger partial charge is 0.481 e. The minimum absolute atomic E-state index is 0. The van der Waals surface area contributed by atoms with Gasteiger partial charge in [-0.3, -0.25) is 35.1 Å². The number of fused-ring (bicyclic) bond motifs is 12. The van der Waals surface area contributed by atoms with Crippen LogP contribution in [0.15, 0.2) is 321 Å². The molecule has 12 aromatic carbocycles. The van der Waals surface area contributed by atoms with Crippen molar-refractivity contribution in [3.8, 4) is 33.4 Å². The molecule has 10 N–H and O–H groups in total. The Hall–Kier alpha value is -16.4. The van der Waals surface area contributed by atoms with Crippen LogP contribution in [0.5, 0.6) is 0 Å². The van der Waals surface area contributed by atoms with Crippen molar-refractivity contribution in [2.45, 2.75) is 99.3 Å². The van der Waals surface area contributed by atoms with Gasteiger partial charge in [0.05, 0.1) is 24.7 Å². The number of carbonyl (C=O) groups excluding carboxylic acids is 3. The predicted octanol–water partition coefficient (Wildman–Crippen LogP) is 18.7. The maximum Gasteiger partial charge on any atom is 0.407 e. The average molecular weight is 1860 g/mol. The van der Waals surface area contributed by atoms with Crippen LogP contribution in [0.2, 0.25) is 0 Å². The van der Waals surface area contributed by atoms with Gasteiger partial charge in [0.2, 0.25) is 9.84 Å². The lowest BCUT2D eigenvalue weighted by molar-refractivity contribution is -0.388. The molecule has 3 heterocycles. The van der Waals surface area contributed by atoms with Crippen LogP contribution in [0.4, 0.5) is 31.4 Å². The van der Waals surface area contributed by atoms with E-state index in [4.69, 9.17) is 24.1 Å². The third kappa shape index (κ3) is 20.1. The summed E-state index contributed by atoms with van der Waals surface area (Å²) < 4.78 is 57.9. The fourth-order valence-electron chi connectivity index (χ4n) is 16.8. The molecule has 15 aromatic rings. The van der Waals surface area contributed by atoms with E-state index in [9.17, 15) is 87.1 Å². The average Bonchev–Trinajstić information content (AvgIpc) is 1.58. The van der Waals surface area contributed by atoms with Gasteiger partial charge in [-0.15, -0.1) is 0 Å². The first-order chi connectivity index (χ1) is 64.1. The predicted molar refractivity (Wildman–Crippen MR) is 498 cm³/mol. The van der Waals surface area contributed by atoms with Crippen molar-refractivity contribution < 1.29 is 95.6 Å². The Balaban J connectivity index is 0.000000157. The molecule has 0 saturated heterocycles. The Labute approximate surface area is 770 Å². The third-order valence-electron chi connectivity index (χ3n) is 22.7. The summed E-state index contributed by atoms with van der Waals surface area (Å²) in [6.45, 7) is 1.10. The van der Waals surface area contributed by atoms with E-state index in [1.807, 2.05) is 170 Å². The monoisotopic (exact) mass is 1860 g/mol. The molecule has 35 heteroatoms. The van der Waals surface area contributed by atoms with Crippen molar-refractivity contribution in [2.75, 3.05) is 19.8 Å². The molecule has 680 valence electrons. The number of nitrogens with zero attached hydrogens (tertiary/aromatic N) is 3. The Kier molecular flexibility index (Phi) is 28.8. The van der Waals surface area contributed by atoms with E-state index in [-0.39, 0.29) is 84.7 Å². The molecule has 3 aromatic heterocycles. The van der Waals surface area contributed by atoms with E-state index in [0.29, 0.717) is 42.9 Å². The minimum atomic E-state index is -4.52. The molecule has 0 aliphatic heterocycles. The lowest BCUT2D eigenvalue weighted by Gasteiger charge is -2.18. The number of rotatable bonds is 27. The van der Waals surface area contributed by atoms with Gasteiger partial charge < -0.3 is 65.5 Å². The summed E-state index contributed by atoms with van der Waals surface area (Å²) in [5.74, 6) is -5.41. The topological polar surface area (TPSA) is 492 Å². The third-order valence-corrected chi connectivity index (χ3v) is 27.1. The SMILES string of the molecule is C.CC(=O)O.O=C(NC(Cc1c(S(=O)(=O)c2ccccc2[N+](=O)[O-])[nH]c2ccccc12)C(=O)O)OCC1c2ccccc2-c2ccccc21.O=C(NC(Cc1c(S(=O)c2ccccc2[N+](=O)[O-])[nH]c2ccccc12)C(=O)O)OCC1c2ccccc2-c2ccccc21.O=C(NC(Cc1c(Sc2ccccc2[N+](=O)[O-])[nH]c2ccccc12)C(=O)O)OCC1c2ccccc2-c2ccccc21. The number of amides is 3. The summed E-state index contributed by atoms with van der Waals surface area (Å²) in [4.78, 5) is 127. The van der Waals surface area contributed by atoms with Crippen molar-refractivity contribution >= 4 is 124 Å². The first-order valence-corrected chi connectivity index (χ1v) is 44.6. The zero-order valence-electron chi connectivity index (χ0n) is 70.0. The van der Waals surface area contributed by atoms with Crippen LogP contribution in [0, 0.1) is 30.3 Å². The fourth-order valence-corrected chi connectivity index (χ4v) is 20.9. The number of nitro groups is 3. The molecule has 18 rings (SSSR count). The summed E-state index contributed by atoms with van der Waals surface area (Å²) in [6.07, 6.45) is -3.48. The number of ether oxygens (including phenoxy) is 3. The number of hydrogen-bond donors (Lipinski definition) is 10. The Bertz CT molecular complexity index is 7120. The number of sulfone groups is 1. The molecular formula is C99H83N9O23S3. The molecule has 3 aliphatic carbocycles. The van der Waals surface area contributed by atoms with Crippen LogP contribution in [-0.2, 0) is 73.3 Å². The van der Waals surface area contributed by atoms with Gasteiger partial charge in [-0.1, -0.05) is 256 Å². The second-order valence-electron chi connectivity index (χ2n) is 30.7. The van der Waals surface area contributed by atoms with Crippen molar-refractivity contribution in [2.24, 2.45) is 0 Å². The number of hydrogen-bond acceptors (Lipinski definition) is 20. The molecule has 4 unspecified atom stereocenters. The summed E-state index contributed by atoms with van der Waals surface area (Å²) in [5, 5.41) is 81.8. The molecule has 0 bridgehead atoms. The van der Waals surface area contributed by atoms with E-state index in [2.05, 4.69) is 30.9 Å². The molecule has 3 aliphatic rings. The molecule has 3 amide bonds. The number of aromatic amines is 3. The number of nitrogens with one attached hydrogen (secondary N) is 6. The van der Waals surface area contributed by atoms with Gasteiger partial charge in [0, 0.05) is 94.8 Å². The molecule has 0 spiro atoms. The Morgan fingerprint density at radius 1 is 0.396 bits per heavy atom. The van der Waals surface area contributed by atoms with Gasteiger partial charge in [-0.25, -0.2) is 41.4 Å². The number of alkyl carbamates (subject to hydrolysis) is 3. The van der Waals surface area contributed by atoms with Crippen LogP contribution in [0.1, 0.15) is 82.2 Å². The summed E-state index contributed by atoms with van der Waals surface area (Å²) in [7, 11) is -6.57. The number of nitro benzene ring substituents is 3. The highest BCUT2D eigenvalue weighted by molar-refractivity contribution is 7.99. The molecule has 32 nitrogen and oxygen atoms in total. The van der Waals surface area contributed by atoms with Crippen LogP contribution < -0.4 is 16.0 Å². The van der Waals surface area contributed by atoms with Crippen molar-refractivity contribution in [3.63, 3.8) is 0 Å². The van der Waals surface area contributed by atoms with Crippen LogP contribution >= 0.6 is 11.8 Å². The summed E-state index contributed by atoms with van der Waals surface area (Å²) in [5.41, 5.74) is 14.2. The number of carboxylic acid groups (broad SMARTS) is 4. The lowest BCUT2D eigenvalue weighted by Crippen LogP contribution is -2.43. The summed E-state index contributed by atoms with van der Waals surface area (Å²) in [6, 6.07) is 80.6. The molecular weight excluding hydrogens is 1780 g/mol. The van der Waals surface area contributed by atoms with Crippen molar-refractivity contribution in [1.82, 2.24) is 30.9 Å². The smallest absolute Gasteiger partial charge is 0.407 e. The highest BCUT2D eigenvalue weighted by Crippen LogP contribution is 2.49. The van der Waals surface area contributed by atoms with Gasteiger partial charge in [0.25, 0.3) is 23.0 Å². The maximum atomic E-state index is 13.8. The highest BCUT2D eigenvalue weighted by atomic mass is 32.2. The standard InChI is InChI=1S/C32H25N3O8S.C32H25N3O7S.C32H25N3O6S.C2H4O2.CH4/c36-31(37)27(34-32(38)43-18-25-21-11-3-1-9-19(21)20-10-2-4-12-22(20)25)17-24-23-13-5-6-14-26(23)33-30(24)44(41,42)29-16-8-7-15-28(29)35(39)40;36-31(37)27(34-32(38)42-18-25-21-11-3-1-9-19(21)20-10-2-4-12-22(20)25)17-24-23-13-5-6-14-26(23)33-30(24)43(41)29-16-8-7-15-28(29)35(39)40;36-31(37)27(34-32(38)41-18-25-21-11-3-1-9-19(21)20-10-2-4-12-22(20)25)17-24-23-13-5-6-14-26(23)33-30(24)42-29-16-8-7-15-28(29)35(39)40;1-2(3)4;/h1-16,25,27,33H,17-18H2,(H,34,38)(H,36,37);1-16,25,27,33H,17-18H2,(H,34,38)(H,36,37);1-16,25,27,33H,17-18H2,(H,34,38)(H,36,37);1H3,(H,3,4);1H4. The minimum Gasteiger partial charge on any atom is -0.481 e. The molecule has 0 saturated carbocycles. The van der Waals surface area contributed by atoms with Crippen molar-refractivity contribution in [3.05, 3.63) is 372 Å². The lowest BCUT2D eigenvalue weighted by atomic mass is 9.98. The number of carboxylic acids is 4. The van der Waals surface area contributed by atoms with Crippen LogP contribution in [0.25, 0.3) is 66.1 Å². The van der Waals surface area contributed by atoms with E-state index in [0.717, 1.165) is 108 Å². The van der Waals surface area contributed by atoms with Gasteiger partial charge >= 0.3 is 36.2 Å². The van der Waals surface area contributed by atoms with E-state index < -0.39 is 118 Å². The quantitative estimate of drug-likeness (QED) is 0.0130. The normalized spacial score (nSPS) is 12.9. The number of aliphatic carboxylic acids is 4. The molecule has 0 fully saturated rings. The number of benzene rings is 12. The van der Waals surface area contributed by atoms with Gasteiger partial charge in [0.15, 0.2) is 4.90 Å². The zero-order chi connectivity index (χ0) is 93.9. The summed E-state index contributed by atoms with van der Waals surface area (Å²) >= 11 is 1.15. The Morgan fingerprint density at radius 3 is 1.09 bits per heavy atom. The maximum absolute atomic E-state index is 13.8. The van der Waals surface area contributed by atoms with Gasteiger partial charge in [-0.05, 0) is 120 Å². The molecule has 4 atom stereocenters. The first-order valence-electron chi connectivity index (χ1n) is 41.2. The van der Waals surface area contributed by atoms with E-state index in [1.165, 1.54) is 36.4 Å². The first kappa shape index (κ1) is 93.7. The Morgan fingerprint density at radius 2 is 0.694 bits per heavy atom. The van der Waals surface area contributed by atoms with Crippen molar-refractivity contribution in [1.29, 1.82) is 0 Å². The second kappa shape index (κ2) is 41.1. The van der Waals surface area contributed by atoms with E-state index >= 15 is 0 Å². The number of para-hydroxylation sites is 6. The molecule has 134 heavy (non-hydrogen) atoms. The second-order valence-corrected chi connectivity index (χ2v) is 35.0. The number of aromatic nitrogens is 3.